The molecule has 2 saturated heterocycles. The molecule has 0 aliphatic carbocycles. The number of hydrogen-bond acceptors (Lipinski definition) is 7. The summed E-state index contributed by atoms with van der Waals surface area (Å²) in [4.78, 5) is 28.4. The molecule has 1 aromatic carbocycles. The van der Waals surface area contributed by atoms with Crippen LogP contribution in [0.25, 0.3) is 0 Å². The van der Waals surface area contributed by atoms with E-state index in [0.29, 0.717) is 38.0 Å². The number of rotatable bonds is 3. The Morgan fingerprint density at radius 2 is 1.97 bits per heavy atom. The molecule has 4 rings (SSSR count). The van der Waals surface area contributed by atoms with Crippen molar-refractivity contribution in [3.63, 3.8) is 0 Å². The number of nitrogens with one attached hydrogen (secondary N) is 2. The molecule has 3 aliphatic rings. The summed E-state index contributed by atoms with van der Waals surface area (Å²) in [6.45, 7) is 7.01. The predicted molar refractivity (Wildman–Crippen MR) is 110 cm³/mol. The minimum atomic E-state index is -0.961. The molecule has 4 N–H and O–H groups in total. The van der Waals surface area contributed by atoms with E-state index in [9.17, 15) is 19.8 Å². The topological polar surface area (TPSA) is 114 Å². The van der Waals surface area contributed by atoms with Gasteiger partial charge in [-0.15, -0.1) is 0 Å². The Labute approximate surface area is 176 Å². The summed E-state index contributed by atoms with van der Waals surface area (Å²) in [7, 11) is 0. The fourth-order valence-corrected chi connectivity index (χ4v) is 4.23. The maximum atomic E-state index is 12.9. The number of ether oxygens (including phenoxy) is 1. The largest absolute Gasteiger partial charge is 0.444 e. The number of fused-ring (bicyclic) bond motifs is 1. The minimum absolute atomic E-state index is 0.0882. The number of aliphatic hydroxyl groups excluding tert-OH is 2. The highest BCUT2D eigenvalue weighted by Gasteiger charge is 2.40. The minimum Gasteiger partial charge on any atom is -0.444 e. The highest BCUT2D eigenvalue weighted by atomic mass is 16.6. The van der Waals surface area contributed by atoms with Gasteiger partial charge in [-0.25, -0.2) is 4.79 Å². The van der Waals surface area contributed by atoms with E-state index in [4.69, 9.17) is 4.74 Å². The van der Waals surface area contributed by atoms with Gasteiger partial charge in [-0.1, -0.05) is 6.07 Å². The quantitative estimate of drug-likeness (QED) is 0.580. The van der Waals surface area contributed by atoms with Crippen molar-refractivity contribution in [2.24, 2.45) is 0 Å². The zero-order chi connectivity index (χ0) is 21.6. The van der Waals surface area contributed by atoms with Gasteiger partial charge >= 0.3 is 6.09 Å². The molecule has 30 heavy (non-hydrogen) atoms. The monoisotopic (exact) mass is 418 g/mol. The van der Waals surface area contributed by atoms with Crippen LogP contribution in [-0.4, -0.2) is 75.2 Å². The van der Waals surface area contributed by atoms with E-state index in [-0.39, 0.29) is 24.1 Å². The van der Waals surface area contributed by atoms with Gasteiger partial charge in [0, 0.05) is 36.4 Å². The van der Waals surface area contributed by atoms with Crippen molar-refractivity contribution in [1.29, 1.82) is 0 Å². The molecule has 1 aromatic rings. The zero-order valence-electron chi connectivity index (χ0n) is 17.6. The molecular formula is C21H30N4O5. The average molecular weight is 418 g/mol. The molecule has 0 radical (unpaired) electrons. The van der Waals surface area contributed by atoms with Gasteiger partial charge in [0.1, 0.15) is 18.1 Å². The van der Waals surface area contributed by atoms with E-state index < -0.39 is 18.1 Å². The molecule has 3 unspecified atom stereocenters. The molecule has 164 valence electrons. The van der Waals surface area contributed by atoms with Crippen LogP contribution in [0.2, 0.25) is 0 Å². The fraction of sp³-hybridized carbons (Fsp3) is 0.619. The fourth-order valence-electron chi connectivity index (χ4n) is 4.23. The molecule has 0 saturated carbocycles. The Bertz CT molecular complexity index is 833. The lowest BCUT2D eigenvalue weighted by atomic mass is 10.0. The highest BCUT2D eigenvalue weighted by Crippen LogP contribution is 2.34. The molecule has 9 heteroatoms. The van der Waals surface area contributed by atoms with Gasteiger partial charge < -0.3 is 30.1 Å². The lowest BCUT2D eigenvalue weighted by Gasteiger charge is -2.40. The van der Waals surface area contributed by atoms with Crippen LogP contribution in [0.1, 0.15) is 49.5 Å². The molecule has 0 spiro atoms. The molecule has 2 amide bonds. The number of likely N-dealkylation sites (tertiary alicyclic amines) is 1. The molecular weight excluding hydrogens is 388 g/mol. The average Bonchev–Trinajstić information content (AvgIpc) is 2.94. The van der Waals surface area contributed by atoms with E-state index in [1.165, 1.54) is 0 Å². The maximum Gasteiger partial charge on any atom is 0.410 e. The number of hydrogen-bond donors (Lipinski definition) is 4. The first kappa shape index (κ1) is 20.9. The van der Waals surface area contributed by atoms with Gasteiger partial charge in [0.25, 0.3) is 5.91 Å². The van der Waals surface area contributed by atoms with Crippen LogP contribution in [0.4, 0.5) is 10.5 Å². The van der Waals surface area contributed by atoms with E-state index in [1.54, 1.807) is 15.9 Å². The van der Waals surface area contributed by atoms with Gasteiger partial charge in [0.2, 0.25) is 0 Å². The predicted octanol–water partition coefficient (Wildman–Crippen LogP) is 1.06. The number of anilines is 1. The molecule has 0 bridgehead atoms. The van der Waals surface area contributed by atoms with Crippen LogP contribution in [-0.2, 0) is 11.3 Å². The lowest BCUT2D eigenvalue weighted by molar-refractivity contribution is -0.0477. The van der Waals surface area contributed by atoms with Crippen molar-refractivity contribution < 1.29 is 24.5 Å². The third kappa shape index (κ3) is 4.10. The number of nitrogens with zero attached hydrogens (tertiary/aromatic N) is 2. The van der Waals surface area contributed by atoms with Crippen molar-refractivity contribution >= 4 is 17.7 Å². The molecule has 3 aliphatic heterocycles. The van der Waals surface area contributed by atoms with Gasteiger partial charge in [-0.05, 0) is 45.7 Å². The number of amides is 2. The Morgan fingerprint density at radius 3 is 2.63 bits per heavy atom. The Balaban J connectivity index is 1.40. The van der Waals surface area contributed by atoms with Crippen LogP contribution >= 0.6 is 0 Å². The Morgan fingerprint density at radius 1 is 1.23 bits per heavy atom. The third-order valence-corrected chi connectivity index (χ3v) is 5.75. The van der Waals surface area contributed by atoms with Gasteiger partial charge in [0.15, 0.2) is 0 Å². The normalized spacial score (nSPS) is 27.0. The maximum absolute atomic E-state index is 12.9. The summed E-state index contributed by atoms with van der Waals surface area (Å²) in [5, 5.41) is 26.1. The SMILES string of the molecule is CC(C)(C)OC(=O)N1CC(Nc2cccc3c2CN(C2CCC(O)NC2O)C3=O)C1. The molecule has 3 atom stereocenters. The summed E-state index contributed by atoms with van der Waals surface area (Å²) < 4.78 is 5.39. The van der Waals surface area contributed by atoms with Crippen LogP contribution in [0.3, 0.4) is 0 Å². The molecule has 0 aromatic heterocycles. The summed E-state index contributed by atoms with van der Waals surface area (Å²) >= 11 is 0. The summed E-state index contributed by atoms with van der Waals surface area (Å²) in [6, 6.07) is 5.28. The van der Waals surface area contributed by atoms with Gasteiger partial charge in [-0.3, -0.25) is 10.1 Å². The van der Waals surface area contributed by atoms with E-state index in [2.05, 4.69) is 10.6 Å². The number of piperidine rings is 1. The van der Waals surface area contributed by atoms with Crippen molar-refractivity contribution in [3.8, 4) is 0 Å². The van der Waals surface area contributed by atoms with E-state index in [1.807, 2.05) is 32.9 Å². The number of carbonyl (C=O) groups is 2. The zero-order valence-corrected chi connectivity index (χ0v) is 17.6. The summed E-state index contributed by atoms with van der Waals surface area (Å²) in [5.41, 5.74) is 1.88. The van der Waals surface area contributed by atoms with Crippen LogP contribution in [0.15, 0.2) is 18.2 Å². The van der Waals surface area contributed by atoms with Crippen LogP contribution in [0, 0.1) is 0 Å². The standard InChI is InChI=1S/C21H30N4O5/c1-21(2,3)30-20(29)24-9-12(10-24)22-15-6-4-5-13-14(15)11-25(19(13)28)16-7-8-17(26)23-18(16)27/h4-6,12,16-18,22-23,26-27H,7-11H2,1-3H3. The third-order valence-electron chi connectivity index (χ3n) is 5.75. The second kappa shape index (κ2) is 7.72. The van der Waals surface area contributed by atoms with Crippen molar-refractivity contribution in [2.45, 2.75) is 70.3 Å². The molecule has 2 fully saturated rings. The van der Waals surface area contributed by atoms with Crippen LogP contribution < -0.4 is 10.6 Å². The second-order valence-corrected chi connectivity index (χ2v) is 9.26. The van der Waals surface area contributed by atoms with E-state index >= 15 is 0 Å². The Hall–Kier alpha value is -2.36. The summed E-state index contributed by atoms with van der Waals surface area (Å²) in [6.07, 6.45) is -1.01. The first-order valence-corrected chi connectivity index (χ1v) is 10.4. The number of aliphatic hydroxyl groups is 2. The number of carbonyl (C=O) groups excluding carboxylic acids is 2. The molecule has 9 nitrogen and oxygen atoms in total. The lowest BCUT2D eigenvalue weighted by Crippen LogP contribution is -2.58. The van der Waals surface area contributed by atoms with E-state index in [0.717, 1.165) is 11.3 Å². The number of benzene rings is 1. The smallest absolute Gasteiger partial charge is 0.410 e. The van der Waals surface area contributed by atoms with Crippen LogP contribution in [0.5, 0.6) is 0 Å². The second-order valence-electron chi connectivity index (χ2n) is 9.26. The van der Waals surface area contributed by atoms with Gasteiger partial charge in [-0.2, -0.15) is 0 Å². The van der Waals surface area contributed by atoms with Crippen molar-refractivity contribution in [2.75, 3.05) is 18.4 Å². The first-order valence-electron chi connectivity index (χ1n) is 10.4. The summed E-state index contributed by atoms with van der Waals surface area (Å²) in [5.74, 6) is -0.111. The Kier molecular flexibility index (Phi) is 5.37. The highest BCUT2D eigenvalue weighted by molar-refractivity contribution is 6.00. The van der Waals surface area contributed by atoms with Gasteiger partial charge in [0.05, 0.1) is 12.1 Å². The van der Waals surface area contributed by atoms with Crippen molar-refractivity contribution in [1.82, 2.24) is 15.1 Å². The first-order chi connectivity index (χ1) is 14.1. The van der Waals surface area contributed by atoms with Crippen molar-refractivity contribution in [3.05, 3.63) is 29.3 Å². The molecule has 3 heterocycles.